The largest absolute Gasteiger partial charge is 0.416 e. The summed E-state index contributed by atoms with van der Waals surface area (Å²) in [6.45, 7) is 4.15. The van der Waals surface area contributed by atoms with Gasteiger partial charge in [-0.25, -0.2) is 0 Å². The first kappa shape index (κ1) is 21.3. The fraction of sp³-hybridized carbons (Fsp3) is 0.455. The van der Waals surface area contributed by atoms with E-state index in [0.29, 0.717) is 18.5 Å². The quantitative estimate of drug-likeness (QED) is 0.718. The van der Waals surface area contributed by atoms with E-state index in [1.54, 1.807) is 31.0 Å². The van der Waals surface area contributed by atoms with Gasteiger partial charge in [-0.05, 0) is 56.4 Å². The number of aromatic nitrogens is 1. The summed E-state index contributed by atoms with van der Waals surface area (Å²) in [5, 5.41) is 0. The fourth-order valence-electron chi connectivity index (χ4n) is 3.58. The Morgan fingerprint density at radius 3 is 2.59 bits per heavy atom. The molecule has 0 N–H and O–H groups in total. The highest BCUT2D eigenvalue weighted by Crippen LogP contribution is 2.34. The summed E-state index contributed by atoms with van der Waals surface area (Å²) in [7, 11) is 1.52. The number of carbonyl (C=O) groups excluding carboxylic acids is 1. The van der Waals surface area contributed by atoms with Gasteiger partial charge in [-0.2, -0.15) is 13.2 Å². The van der Waals surface area contributed by atoms with E-state index in [0.717, 1.165) is 36.2 Å². The Morgan fingerprint density at radius 1 is 1.21 bits per heavy atom. The lowest BCUT2D eigenvalue weighted by Crippen LogP contribution is -2.46. The van der Waals surface area contributed by atoms with Crippen LogP contribution in [0.4, 0.5) is 13.2 Å². The zero-order valence-electron chi connectivity index (χ0n) is 16.8. The number of pyridine rings is 1. The zero-order valence-corrected chi connectivity index (χ0v) is 16.8. The SMILES string of the molecule is COC(C)(C)C(=O)N1CCC[C@H]1c1ccc(Cc2cccc(C(F)(F)F)c2)cn1. The molecule has 1 aromatic carbocycles. The number of hydrogen-bond donors (Lipinski definition) is 0. The van der Waals surface area contributed by atoms with Crippen LogP contribution in [0, 0.1) is 0 Å². The Labute approximate surface area is 168 Å². The van der Waals surface area contributed by atoms with Crippen molar-refractivity contribution < 1.29 is 22.7 Å². The summed E-state index contributed by atoms with van der Waals surface area (Å²) < 4.78 is 44.0. The number of likely N-dealkylation sites (tertiary alicyclic amines) is 1. The van der Waals surface area contributed by atoms with E-state index < -0.39 is 17.3 Å². The zero-order chi connectivity index (χ0) is 21.2. The fourth-order valence-corrected chi connectivity index (χ4v) is 3.58. The van der Waals surface area contributed by atoms with Gasteiger partial charge in [-0.3, -0.25) is 9.78 Å². The molecule has 1 aliphatic heterocycles. The van der Waals surface area contributed by atoms with Gasteiger partial charge < -0.3 is 9.64 Å². The molecule has 1 atom stereocenters. The van der Waals surface area contributed by atoms with Crippen LogP contribution in [0.1, 0.15) is 55.1 Å². The maximum absolute atomic E-state index is 12.9. The molecule has 2 aromatic rings. The minimum Gasteiger partial charge on any atom is -0.369 e. The van der Waals surface area contributed by atoms with Crippen molar-refractivity contribution >= 4 is 5.91 Å². The van der Waals surface area contributed by atoms with Crippen molar-refractivity contribution in [3.05, 3.63) is 65.0 Å². The lowest BCUT2D eigenvalue weighted by molar-refractivity contribution is -0.152. The third kappa shape index (κ3) is 4.78. The third-order valence-electron chi connectivity index (χ3n) is 5.39. The van der Waals surface area contributed by atoms with Gasteiger partial charge in [-0.1, -0.05) is 24.3 Å². The predicted molar refractivity (Wildman–Crippen MR) is 103 cm³/mol. The van der Waals surface area contributed by atoms with Gasteiger partial charge >= 0.3 is 6.18 Å². The van der Waals surface area contributed by atoms with Crippen LogP contribution in [0.15, 0.2) is 42.6 Å². The lowest BCUT2D eigenvalue weighted by Gasteiger charge is -2.32. The van der Waals surface area contributed by atoms with Crippen LogP contribution >= 0.6 is 0 Å². The van der Waals surface area contributed by atoms with Crippen LogP contribution < -0.4 is 0 Å². The summed E-state index contributed by atoms with van der Waals surface area (Å²) in [4.78, 5) is 19.1. The van der Waals surface area contributed by atoms with Crippen LogP contribution in [-0.4, -0.2) is 35.0 Å². The first-order chi connectivity index (χ1) is 13.6. The number of ether oxygens (including phenoxy) is 1. The monoisotopic (exact) mass is 406 g/mol. The van der Waals surface area contributed by atoms with Crippen molar-refractivity contribution in [3.63, 3.8) is 0 Å². The molecule has 0 aliphatic carbocycles. The first-order valence-electron chi connectivity index (χ1n) is 9.59. The number of benzene rings is 1. The summed E-state index contributed by atoms with van der Waals surface area (Å²) in [6.07, 6.45) is -0.596. The Balaban J connectivity index is 1.74. The van der Waals surface area contributed by atoms with Gasteiger partial charge in [0.05, 0.1) is 17.3 Å². The second-order valence-electron chi connectivity index (χ2n) is 7.84. The van der Waals surface area contributed by atoms with Crippen molar-refractivity contribution in [1.82, 2.24) is 9.88 Å². The minimum atomic E-state index is -4.35. The van der Waals surface area contributed by atoms with Crippen molar-refractivity contribution in [2.75, 3.05) is 13.7 Å². The molecular formula is C22H25F3N2O2. The summed E-state index contributed by atoms with van der Waals surface area (Å²) in [5.41, 5.74) is 0.637. The van der Waals surface area contributed by atoms with Crippen molar-refractivity contribution in [2.24, 2.45) is 0 Å². The van der Waals surface area contributed by atoms with Crippen LogP contribution in [-0.2, 0) is 22.1 Å². The number of methoxy groups -OCH3 is 1. The maximum atomic E-state index is 12.9. The van der Waals surface area contributed by atoms with Gasteiger partial charge in [0.25, 0.3) is 5.91 Å². The summed E-state index contributed by atoms with van der Waals surface area (Å²) >= 11 is 0. The second kappa shape index (κ2) is 8.14. The maximum Gasteiger partial charge on any atom is 0.416 e. The number of hydrogen-bond acceptors (Lipinski definition) is 3. The average molecular weight is 406 g/mol. The van der Waals surface area contributed by atoms with Crippen LogP contribution in [0.2, 0.25) is 0 Å². The smallest absolute Gasteiger partial charge is 0.369 e. The number of alkyl halides is 3. The molecule has 0 unspecified atom stereocenters. The molecule has 156 valence electrons. The highest BCUT2D eigenvalue weighted by atomic mass is 19.4. The van der Waals surface area contributed by atoms with E-state index in [2.05, 4.69) is 4.98 Å². The van der Waals surface area contributed by atoms with Gasteiger partial charge in [-0.15, -0.1) is 0 Å². The van der Waals surface area contributed by atoms with E-state index >= 15 is 0 Å². The van der Waals surface area contributed by atoms with Crippen molar-refractivity contribution in [2.45, 2.75) is 50.9 Å². The molecule has 7 heteroatoms. The lowest BCUT2D eigenvalue weighted by atomic mass is 10.0. The Kier molecular flexibility index (Phi) is 5.98. The third-order valence-corrected chi connectivity index (χ3v) is 5.39. The van der Waals surface area contributed by atoms with E-state index in [4.69, 9.17) is 4.74 Å². The van der Waals surface area contributed by atoms with E-state index in [9.17, 15) is 18.0 Å². The summed E-state index contributed by atoms with van der Waals surface area (Å²) in [6, 6.07) is 8.94. The number of carbonyl (C=O) groups is 1. The molecule has 0 radical (unpaired) electrons. The summed E-state index contributed by atoms with van der Waals surface area (Å²) in [5.74, 6) is -0.0719. The van der Waals surface area contributed by atoms with Gasteiger partial charge in [0.1, 0.15) is 5.60 Å². The molecule has 1 saturated heterocycles. The minimum absolute atomic E-state index is 0.0719. The standard InChI is InChI=1S/C22H25F3N2O2/c1-21(2,29-3)20(28)27-11-5-8-19(27)18-10-9-16(14-26-18)12-15-6-4-7-17(13-15)22(23,24)25/h4,6-7,9-10,13-14,19H,5,8,11-12H2,1-3H3/t19-/m0/s1. The molecule has 1 aliphatic rings. The van der Waals surface area contributed by atoms with Gasteiger partial charge in [0.15, 0.2) is 0 Å². The average Bonchev–Trinajstić information content (AvgIpc) is 3.17. The van der Waals surface area contributed by atoms with E-state index in [-0.39, 0.29) is 11.9 Å². The molecule has 1 aromatic heterocycles. The van der Waals surface area contributed by atoms with Gasteiger partial charge in [0.2, 0.25) is 0 Å². The van der Waals surface area contributed by atoms with Crippen LogP contribution in [0.3, 0.4) is 0 Å². The van der Waals surface area contributed by atoms with E-state index in [1.807, 2.05) is 12.1 Å². The molecule has 29 heavy (non-hydrogen) atoms. The van der Waals surface area contributed by atoms with E-state index in [1.165, 1.54) is 13.2 Å². The Morgan fingerprint density at radius 2 is 1.97 bits per heavy atom. The normalized spacial score (nSPS) is 17.6. The number of nitrogens with zero attached hydrogens (tertiary/aromatic N) is 2. The highest BCUT2D eigenvalue weighted by Gasteiger charge is 2.39. The Bertz CT molecular complexity index is 863. The molecule has 0 spiro atoms. The molecule has 3 rings (SSSR count). The number of amides is 1. The van der Waals surface area contributed by atoms with Gasteiger partial charge in [0, 0.05) is 19.9 Å². The number of halogens is 3. The first-order valence-corrected chi connectivity index (χ1v) is 9.59. The topological polar surface area (TPSA) is 42.4 Å². The molecule has 1 amide bonds. The van der Waals surface area contributed by atoms with Crippen molar-refractivity contribution in [1.29, 1.82) is 0 Å². The second-order valence-corrected chi connectivity index (χ2v) is 7.84. The molecule has 2 heterocycles. The Hall–Kier alpha value is -2.41. The molecular weight excluding hydrogens is 381 g/mol. The predicted octanol–water partition coefficient (Wildman–Crippen LogP) is 4.78. The molecule has 0 bridgehead atoms. The molecule has 0 saturated carbocycles. The van der Waals surface area contributed by atoms with Crippen LogP contribution in [0.25, 0.3) is 0 Å². The van der Waals surface area contributed by atoms with Crippen LogP contribution in [0.5, 0.6) is 0 Å². The molecule has 1 fully saturated rings. The molecule has 4 nitrogen and oxygen atoms in total. The highest BCUT2D eigenvalue weighted by molar-refractivity contribution is 5.85. The van der Waals surface area contributed by atoms with Crippen molar-refractivity contribution in [3.8, 4) is 0 Å². The number of rotatable bonds is 5.